The van der Waals surface area contributed by atoms with Crippen LogP contribution >= 0.6 is 0 Å². The number of aliphatic hydroxyl groups excluding tert-OH is 1. The molecule has 112 valence electrons. The zero-order valence-corrected chi connectivity index (χ0v) is 12.4. The molecule has 0 aromatic heterocycles. The second-order valence-electron chi connectivity index (χ2n) is 7.47. The summed E-state index contributed by atoms with van der Waals surface area (Å²) in [6.45, 7) is 2.16. The van der Waals surface area contributed by atoms with Crippen molar-refractivity contribution in [1.29, 1.82) is 0 Å². The number of hydrogen-bond acceptors (Lipinski definition) is 3. The number of rotatable bonds is 0. The lowest BCUT2D eigenvalue weighted by molar-refractivity contribution is -0.131. The lowest BCUT2D eigenvalue weighted by Crippen LogP contribution is -2.46. The molecule has 4 rings (SSSR count). The minimum Gasteiger partial charge on any atom is -0.381 e. The molecule has 0 aromatic rings. The summed E-state index contributed by atoms with van der Waals surface area (Å²) in [6.07, 6.45) is 9.43. The third-order valence-corrected chi connectivity index (χ3v) is 6.69. The number of allylic oxidation sites excluding steroid dienone is 2. The van der Waals surface area contributed by atoms with Gasteiger partial charge < -0.3 is 5.11 Å². The Morgan fingerprint density at radius 2 is 2.00 bits per heavy atom. The van der Waals surface area contributed by atoms with E-state index in [1.165, 1.54) is 0 Å². The smallest absolute Gasteiger partial charge is 0.191 e. The third kappa shape index (κ3) is 1.70. The summed E-state index contributed by atoms with van der Waals surface area (Å²) >= 11 is 0. The monoisotopic (exact) mass is 286 g/mol. The van der Waals surface area contributed by atoms with E-state index < -0.39 is 6.10 Å². The number of ketones is 2. The molecule has 0 spiro atoms. The van der Waals surface area contributed by atoms with E-state index in [0.717, 1.165) is 37.7 Å². The molecule has 21 heavy (non-hydrogen) atoms. The van der Waals surface area contributed by atoms with Gasteiger partial charge in [0.05, 0.1) is 0 Å². The number of aliphatic hydroxyl groups is 1. The molecule has 4 aliphatic rings. The van der Waals surface area contributed by atoms with Gasteiger partial charge in [-0.2, -0.15) is 0 Å². The Labute approximate surface area is 125 Å². The van der Waals surface area contributed by atoms with Gasteiger partial charge in [-0.3, -0.25) is 9.59 Å². The van der Waals surface area contributed by atoms with Crippen molar-refractivity contribution in [3.63, 3.8) is 0 Å². The number of hydrogen-bond donors (Lipinski definition) is 1. The van der Waals surface area contributed by atoms with E-state index in [0.29, 0.717) is 23.5 Å². The van der Waals surface area contributed by atoms with E-state index in [9.17, 15) is 14.7 Å². The maximum Gasteiger partial charge on any atom is 0.191 e. The summed E-state index contributed by atoms with van der Waals surface area (Å²) in [5, 5.41) is 9.72. The first kappa shape index (κ1) is 13.4. The Bertz CT molecular complexity index is 573. The number of fused-ring (bicyclic) bond motifs is 5. The molecule has 6 atom stereocenters. The molecule has 2 fully saturated rings. The minimum absolute atomic E-state index is 0.114. The molecule has 3 nitrogen and oxygen atoms in total. The molecule has 1 N–H and O–H groups in total. The molecule has 2 saturated carbocycles. The van der Waals surface area contributed by atoms with E-state index in [4.69, 9.17) is 0 Å². The Balaban J connectivity index is 1.70. The van der Waals surface area contributed by atoms with E-state index >= 15 is 0 Å². The molecule has 0 heterocycles. The standard InChI is InChI=1S/C18H22O3/c1-18-9-8-11-10-4-6-15(19)17(21)13(10)3-2-12(11)14(18)5-7-16(18)20/h3-4,6,10-12,14-15,19H,2,5,7-9H2,1H3/t10-,11-,12-,14+,15?,18+/m1/s1. The van der Waals surface area contributed by atoms with Crippen molar-refractivity contribution in [2.24, 2.45) is 29.1 Å². The van der Waals surface area contributed by atoms with Crippen molar-refractivity contribution in [2.75, 3.05) is 0 Å². The normalized spacial score (nSPS) is 48.5. The first-order chi connectivity index (χ1) is 10.0. The van der Waals surface area contributed by atoms with Crippen LogP contribution in [0, 0.1) is 29.1 Å². The highest BCUT2D eigenvalue weighted by Crippen LogP contribution is 2.59. The van der Waals surface area contributed by atoms with Crippen LogP contribution in [0.25, 0.3) is 0 Å². The molecular formula is C18H22O3. The van der Waals surface area contributed by atoms with Crippen LogP contribution in [-0.4, -0.2) is 22.8 Å². The van der Waals surface area contributed by atoms with Crippen molar-refractivity contribution in [1.82, 2.24) is 0 Å². The van der Waals surface area contributed by atoms with Crippen molar-refractivity contribution in [3.05, 3.63) is 23.8 Å². The van der Waals surface area contributed by atoms with Crippen LogP contribution in [0.1, 0.15) is 39.0 Å². The van der Waals surface area contributed by atoms with Crippen LogP contribution in [0.2, 0.25) is 0 Å². The van der Waals surface area contributed by atoms with Gasteiger partial charge in [-0.15, -0.1) is 0 Å². The van der Waals surface area contributed by atoms with Crippen LogP contribution in [0.5, 0.6) is 0 Å². The molecule has 0 saturated heterocycles. The maximum atomic E-state index is 12.3. The van der Waals surface area contributed by atoms with Gasteiger partial charge in [-0.05, 0) is 43.4 Å². The number of carbonyl (C=O) groups is 2. The molecule has 3 heteroatoms. The highest BCUT2D eigenvalue weighted by Gasteiger charge is 2.55. The van der Waals surface area contributed by atoms with Crippen molar-refractivity contribution >= 4 is 11.6 Å². The zero-order chi connectivity index (χ0) is 14.8. The lowest BCUT2D eigenvalue weighted by Gasteiger charge is -2.50. The van der Waals surface area contributed by atoms with Gasteiger partial charge in [-0.25, -0.2) is 0 Å². The molecule has 4 aliphatic carbocycles. The fourth-order valence-corrected chi connectivity index (χ4v) is 5.50. The Morgan fingerprint density at radius 1 is 1.19 bits per heavy atom. The van der Waals surface area contributed by atoms with Crippen LogP contribution in [0.15, 0.2) is 23.8 Å². The zero-order valence-electron chi connectivity index (χ0n) is 12.4. The quantitative estimate of drug-likeness (QED) is 0.696. The molecule has 1 unspecified atom stereocenters. The van der Waals surface area contributed by atoms with E-state index in [-0.39, 0.29) is 17.1 Å². The second kappa shape index (κ2) is 4.39. The fourth-order valence-electron chi connectivity index (χ4n) is 5.50. The topological polar surface area (TPSA) is 54.4 Å². The highest BCUT2D eigenvalue weighted by molar-refractivity contribution is 6.02. The van der Waals surface area contributed by atoms with Crippen molar-refractivity contribution < 1.29 is 14.7 Å². The van der Waals surface area contributed by atoms with Gasteiger partial charge in [0.2, 0.25) is 0 Å². The SMILES string of the molecule is C[C@]12CC[C@H]3[C@@H](CC=C4C(=O)C(O)C=C[C@@H]43)[C@@H]1CCC2=O. The summed E-state index contributed by atoms with van der Waals surface area (Å²) in [6, 6.07) is 0. The molecule has 0 aliphatic heterocycles. The molecule has 0 bridgehead atoms. The average molecular weight is 286 g/mol. The average Bonchev–Trinajstić information content (AvgIpc) is 2.78. The number of carbonyl (C=O) groups excluding carboxylic acids is 2. The summed E-state index contributed by atoms with van der Waals surface area (Å²) in [5.74, 6) is 1.98. The Kier molecular flexibility index (Phi) is 2.81. The van der Waals surface area contributed by atoms with E-state index in [2.05, 4.69) is 13.0 Å². The summed E-state index contributed by atoms with van der Waals surface area (Å²) < 4.78 is 0. The number of Topliss-reactive ketones (excluding diaryl/α,β-unsaturated/α-hetero) is 2. The minimum atomic E-state index is -0.953. The molecular weight excluding hydrogens is 264 g/mol. The van der Waals surface area contributed by atoms with Crippen molar-refractivity contribution in [2.45, 2.75) is 45.1 Å². The van der Waals surface area contributed by atoms with Gasteiger partial charge in [0.1, 0.15) is 11.9 Å². The highest BCUT2D eigenvalue weighted by atomic mass is 16.3. The van der Waals surface area contributed by atoms with Gasteiger partial charge in [-0.1, -0.05) is 25.2 Å². The Morgan fingerprint density at radius 3 is 2.81 bits per heavy atom. The van der Waals surface area contributed by atoms with Crippen molar-refractivity contribution in [3.8, 4) is 0 Å². The maximum absolute atomic E-state index is 12.3. The first-order valence-electron chi connectivity index (χ1n) is 8.16. The second-order valence-corrected chi connectivity index (χ2v) is 7.47. The largest absolute Gasteiger partial charge is 0.381 e. The summed E-state index contributed by atoms with van der Waals surface area (Å²) in [5.41, 5.74) is 0.702. The van der Waals surface area contributed by atoms with Gasteiger partial charge in [0, 0.05) is 23.3 Å². The lowest BCUT2D eigenvalue weighted by atomic mass is 9.53. The van der Waals surface area contributed by atoms with Crippen LogP contribution in [-0.2, 0) is 9.59 Å². The van der Waals surface area contributed by atoms with E-state index in [1.807, 2.05) is 6.08 Å². The summed E-state index contributed by atoms with van der Waals surface area (Å²) in [4.78, 5) is 24.4. The third-order valence-electron chi connectivity index (χ3n) is 6.69. The van der Waals surface area contributed by atoms with Gasteiger partial charge in [0.25, 0.3) is 0 Å². The van der Waals surface area contributed by atoms with E-state index in [1.54, 1.807) is 6.08 Å². The Hall–Kier alpha value is -1.22. The van der Waals surface area contributed by atoms with Gasteiger partial charge in [0.15, 0.2) is 5.78 Å². The predicted octanol–water partition coefficient (Wildman–Crippen LogP) is 2.44. The van der Waals surface area contributed by atoms with Crippen LogP contribution in [0.4, 0.5) is 0 Å². The molecule has 0 amide bonds. The predicted molar refractivity (Wildman–Crippen MR) is 78.4 cm³/mol. The fraction of sp³-hybridized carbons (Fsp3) is 0.667. The van der Waals surface area contributed by atoms with Gasteiger partial charge >= 0.3 is 0 Å². The summed E-state index contributed by atoms with van der Waals surface area (Å²) in [7, 11) is 0. The van der Waals surface area contributed by atoms with Crippen LogP contribution < -0.4 is 0 Å². The molecule has 0 radical (unpaired) electrons. The first-order valence-corrected chi connectivity index (χ1v) is 8.16. The molecule has 0 aromatic carbocycles. The van der Waals surface area contributed by atoms with Crippen LogP contribution in [0.3, 0.4) is 0 Å².